The summed E-state index contributed by atoms with van der Waals surface area (Å²) >= 11 is 0. The summed E-state index contributed by atoms with van der Waals surface area (Å²) in [6.07, 6.45) is 3.56. The average Bonchev–Trinajstić information content (AvgIpc) is 2.77. The molecule has 0 saturated heterocycles. The molecule has 0 aliphatic rings. The molecule has 2 aromatic heterocycles. The lowest BCUT2D eigenvalue weighted by molar-refractivity contribution is 0.102. The Morgan fingerprint density at radius 1 is 0.794 bits per heavy atom. The number of aromatic nitrogens is 2. The van der Waals surface area contributed by atoms with Crippen LogP contribution in [0, 0.1) is 0 Å². The molecular formula is C29H31N3O2. The molecule has 0 saturated carbocycles. The maximum absolute atomic E-state index is 13.1. The van der Waals surface area contributed by atoms with Crippen LogP contribution in [0.3, 0.4) is 0 Å². The second-order valence-corrected chi connectivity index (χ2v) is 10.7. The number of carbonyl (C=O) groups is 1. The Kier molecular flexibility index (Phi) is 5.90. The quantitative estimate of drug-likeness (QED) is 0.356. The number of nitrogens with one attached hydrogen (secondary N) is 1. The number of anilines is 1. The second kappa shape index (κ2) is 8.56. The number of benzene rings is 2. The van der Waals surface area contributed by atoms with E-state index in [0.717, 1.165) is 33.2 Å². The zero-order valence-corrected chi connectivity index (χ0v) is 20.6. The van der Waals surface area contributed by atoms with Crippen LogP contribution in [-0.2, 0) is 10.8 Å². The topological polar surface area (TPSA) is 75.1 Å². The SMILES string of the molecule is CC(C)(C)c1cc(C(=O)Nc2ccc(-c3cnc4ccccc4c3)cn2)cc(C(C)(C)C)c1O. The van der Waals surface area contributed by atoms with Crippen molar-refractivity contribution in [3.05, 3.63) is 83.7 Å². The summed E-state index contributed by atoms with van der Waals surface area (Å²) < 4.78 is 0. The van der Waals surface area contributed by atoms with Crippen LogP contribution in [0.2, 0.25) is 0 Å². The van der Waals surface area contributed by atoms with Gasteiger partial charge in [-0.1, -0.05) is 59.7 Å². The molecular weight excluding hydrogens is 422 g/mol. The molecule has 0 radical (unpaired) electrons. The Morgan fingerprint density at radius 3 is 2.00 bits per heavy atom. The minimum absolute atomic E-state index is 0.253. The van der Waals surface area contributed by atoms with E-state index in [0.29, 0.717) is 11.4 Å². The van der Waals surface area contributed by atoms with Crippen LogP contribution in [-0.4, -0.2) is 21.0 Å². The summed E-state index contributed by atoms with van der Waals surface area (Å²) in [6.45, 7) is 12.2. The third-order valence-electron chi connectivity index (χ3n) is 5.92. The first-order chi connectivity index (χ1) is 15.9. The Balaban J connectivity index is 1.61. The fraction of sp³-hybridized carbons (Fsp3) is 0.276. The molecule has 174 valence electrons. The Labute approximate surface area is 200 Å². The Morgan fingerprint density at radius 2 is 1.41 bits per heavy atom. The van der Waals surface area contributed by atoms with Gasteiger partial charge < -0.3 is 10.4 Å². The van der Waals surface area contributed by atoms with Gasteiger partial charge in [-0.15, -0.1) is 0 Å². The molecule has 0 unspecified atom stereocenters. The fourth-order valence-electron chi connectivity index (χ4n) is 3.96. The number of nitrogens with zero attached hydrogens (tertiary/aromatic N) is 2. The number of phenolic OH excluding ortho intramolecular Hbond substituents is 1. The highest BCUT2D eigenvalue weighted by atomic mass is 16.3. The van der Waals surface area contributed by atoms with E-state index >= 15 is 0 Å². The number of pyridine rings is 2. The fourth-order valence-corrected chi connectivity index (χ4v) is 3.96. The van der Waals surface area contributed by atoms with Crippen molar-refractivity contribution in [1.82, 2.24) is 9.97 Å². The molecule has 0 aliphatic heterocycles. The molecule has 0 fully saturated rings. The van der Waals surface area contributed by atoms with Crippen LogP contribution in [0.25, 0.3) is 22.0 Å². The highest BCUT2D eigenvalue weighted by Gasteiger charge is 2.27. The summed E-state index contributed by atoms with van der Waals surface area (Å²) in [6, 6.07) is 17.3. The lowest BCUT2D eigenvalue weighted by Gasteiger charge is -2.28. The van der Waals surface area contributed by atoms with Crippen molar-refractivity contribution < 1.29 is 9.90 Å². The van der Waals surface area contributed by atoms with Crippen molar-refractivity contribution in [3.8, 4) is 16.9 Å². The zero-order chi connectivity index (χ0) is 24.7. The molecule has 5 heteroatoms. The minimum atomic E-state index is -0.311. The predicted molar refractivity (Wildman–Crippen MR) is 138 cm³/mol. The van der Waals surface area contributed by atoms with Crippen molar-refractivity contribution >= 4 is 22.6 Å². The number of carbonyl (C=O) groups excluding carboxylic acids is 1. The van der Waals surface area contributed by atoms with Gasteiger partial charge in [0.05, 0.1) is 5.52 Å². The van der Waals surface area contributed by atoms with E-state index in [9.17, 15) is 9.90 Å². The van der Waals surface area contributed by atoms with Crippen LogP contribution < -0.4 is 5.32 Å². The van der Waals surface area contributed by atoms with E-state index in [-0.39, 0.29) is 22.5 Å². The van der Waals surface area contributed by atoms with E-state index in [1.165, 1.54) is 0 Å². The van der Waals surface area contributed by atoms with E-state index in [4.69, 9.17) is 0 Å². The molecule has 4 rings (SSSR count). The normalized spacial score (nSPS) is 12.1. The summed E-state index contributed by atoms with van der Waals surface area (Å²) in [7, 11) is 0. The predicted octanol–water partition coefficient (Wildman–Crippen LogP) is 6.85. The largest absolute Gasteiger partial charge is 0.507 e. The lowest BCUT2D eigenvalue weighted by Crippen LogP contribution is -2.21. The maximum atomic E-state index is 13.1. The number of amides is 1. The first kappa shape index (κ1) is 23.4. The standard InChI is InChI=1S/C29H31N3O2/c1-28(2,3)22-14-20(15-23(26(22)33)29(4,5)6)27(34)32-25-12-11-19(16-31-25)21-13-18-9-7-8-10-24(18)30-17-21/h7-17,33H,1-6H3,(H,31,32,34). The van der Waals surface area contributed by atoms with Crippen LogP contribution in [0.1, 0.15) is 63.0 Å². The van der Waals surface area contributed by atoms with Gasteiger partial charge in [-0.05, 0) is 47.2 Å². The van der Waals surface area contributed by atoms with Crippen molar-refractivity contribution in [2.45, 2.75) is 52.4 Å². The molecule has 0 aliphatic carbocycles. The molecule has 2 N–H and O–H groups in total. The van der Waals surface area contributed by atoms with Gasteiger partial charge in [-0.2, -0.15) is 0 Å². The molecule has 1 amide bonds. The van der Waals surface area contributed by atoms with Gasteiger partial charge in [0.15, 0.2) is 0 Å². The molecule has 2 aromatic carbocycles. The van der Waals surface area contributed by atoms with Gasteiger partial charge in [0.2, 0.25) is 0 Å². The highest BCUT2D eigenvalue weighted by Crippen LogP contribution is 2.40. The molecule has 34 heavy (non-hydrogen) atoms. The van der Waals surface area contributed by atoms with E-state index in [1.54, 1.807) is 24.4 Å². The van der Waals surface area contributed by atoms with E-state index in [2.05, 4.69) is 21.4 Å². The first-order valence-corrected chi connectivity index (χ1v) is 11.4. The number of fused-ring (bicyclic) bond motifs is 1. The molecule has 0 spiro atoms. The van der Waals surface area contributed by atoms with Gasteiger partial charge >= 0.3 is 0 Å². The third kappa shape index (κ3) is 4.79. The second-order valence-electron chi connectivity index (χ2n) is 10.7. The average molecular weight is 454 g/mol. The monoisotopic (exact) mass is 453 g/mol. The van der Waals surface area contributed by atoms with Crippen LogP contribution in [0.15, 0.2) is 67.0 Å². The molecule has 0 atom stereocenters. The first-order valence-electron chi connectivity index (χ1n) is 11.4. The number of rotatable bonds is 3. The Hall–Kier alpha value is -3.73. The van der Waals surface area contributed by atoms with Crippen molar-refractivity contribution in [3.63, 3.8) is 0 Å². The number of para-hydroxylation sites is 1. The smallest absolute Gasteiger partial charge is 0.256 e. The van der Waals surface area contributed by atoms with Crippen molar-refractivity contribution in [2.75, 3.05) is 5.32 Å². The summed E-state index contributed by atoms with van der Waals surface area (Å²) in [5.74, 6) is 0.455. The molecule has 5 nitrogen and oxygen atoms in total. The van der Waals surface area contributed by atoms with E-state index in [1.807, 2.05) is 78.1 Å². The van der Waals surface area contributed by atoms with Crippen molar-refractivity contribution in [2.24, 2.45) is 0 Å². The van der Waals surface area contributed by atoms with Gasteiger partial charge in [-0.25, -0.2) is 4.98 Å². The molecule has 2 heterocycles. The van der Waals surface area contributed by atoms with Crippen molar-refractivity contribution in [1.29, 1.82) is 0 Å². The van der Waals surface area contributed by atoms with Crippen LogP contribution in [0.5, 0.6) is 5.75 Å². The van der Waals surface area contributed by atoms with Gasteiger partial charge in [-0.3, -0.25) is 9.78 Å². The highest BCUT2D eigenvalue weighted by molar-refractivity contribution is 6.04. The van der Waals surface area contributed by atoms with Gasteiger partial charge in [0.25, 0.3) is 5.91 Å². The molecule has 0 bridgehead atoms. The summed E-state index contributed by atoms with van der Waals surface area (Å²) in [4.78, 5) is 22.1. The minimum Gasteiger partial charge on any atom is -0.507 e. The number of hydrogen-bond acceptors (Lipinski definition) is 4. The summed E-state index contributed by atoms with van der Waals surface area (Å²) in [5.41, 5.74) is 4.20. The lowest BCUT2D eigenvalue weighted by atomic mass is 9.78. The third-order valence-corrected chi connectivity index (χ3v) is 5.92. The van der Waals surface area contributed by atoms with E-state index < -0.39 is 0 Å². The maximum Gasteiger partial charge on any atom is 0.256 e. The van der Waals surface area contributed by atoms with Crippen LogP contribution in [0.4, 0.5) is 5.82 Å². The number of aromatic hydroxyl groups is 1. The summed E-state index contributed by atoms with van der Waals surface area (Å²) in [5, 5.41) is 14.9. The number of phenols is 1. The Bertz CT molecular complexity index is 1330. The molecule has 4 aromatic rings. The van der Waals surface area contributed by atoms with Gasteiger partial charge in [0.1, 0.15) is 11.6 Å². The van der Waals surface area contributed by atoms with Crippen LogP contribution >= 0.6 is 0 Å². The zero-order valence-electron chi connectivity index (χ0n) is 20.6. The number of hydrogen-bond donors (Lipinski definition) is 2. The van der Waals surface area contributed by atoms with Gasteiger partial charge in [0, 0.05) is 45.6 Å².